The number of benzene rings is 1. The van der Waals surface area contributed by atoms with Crippen LogP contribution >= 0.6 is 0 Å². The Hall–Kier alpha value is -2.00. The summed E-state index contributed by atoms with van der Waals surface area (Å²) in [4.78, 5) is 23.4. The molecule has 7 nitrogen and oxygen atoms in total. The largest absolute Gasteiger partial charge is 0.452 e. The normalized spacial score (nSPS) is 15.8. The van der Waals surface area contributed by atoms with E-state index in [2.05, 4.69) is 5.32 Å². The van der Waals surface area contributed by atoms with Crippen LogP contribution in [0.4, 0.5) is 4.39 Å². The molecule has 1 aliphatic carbocycles. The Morgan fingerprint density at radius 3 is 2.46 bits per heavy atom. The van der Waals surface area contributed by atoms with E-state index in [4.69, 9.17) is 4.74 Å². The fourth-order valence-corrected chi connectivity index (χ4v) is 3.00. The van der Waals surface area contributed by atoms with Gasteiger partial charge >= 0.3 is 5.97 Å². The minimum atomic E-state index is -3.95. The molecule has 0 spiro atoms. The molecule has 0 heterocycles. The van der Waals surface area contributed by atoms with Crippen molar-refractivity contribution in [1.29, 1.82) is 0 Å². The van der Waals surface area contributed by atoms with Crippen LogP contribution < -0.4 is 5.32 Å². The minimum Gasteiger partial charge on any atom is -0.452 e. The van der Waals surface area contributed by atoms with Gasteiger partial charge in [-0.3, -0.25) is 9.59 Å². The predicted octanol–water partition coefficient (Wildman–Crippen LogP) is 0.656. The van der Waals surface area contributed by atoms with Gasteiger partial charge in [-0.15, -0.1) is 0 Å². The number of amides is 1. The molecule has 1 aromatic rings. The highest BCUT2D eigenvalue weighted by atomic mass is 32.2. The van der Waals surface area contributed by atoms with Gasteiger partial charge in [-0.2, -0.15) is 4.31 Å². The summed E-state index contributed by atoms with van der Waals surface area (Å²) in [5.41, 5.74) is 0. The van der Waals surface area contributed by atoms with Gasteiger partial charge < -0.3 is 10.1 Å². The van der Waals surface area contributed by atoms with E-state index in [1.165, 1.54) is 14.0 Å². The van der Waals surface area contributed by atoms with Crippen LogP contribution in [0.1, 0.15) is 19.8 Å². The molecule has 1 fully saturated rings. The predicted molar refractivity (Wildman–Crippen MR) is 82.9 cm³/mol. The van der Waals surface area contributed by atoms with Gasteiger partial charge in [0.1, 0.15) is 12.4 Å². The van der Waals surface area contributed by atoms with Crippen molar-refractivity contribution in [2.24, 2.45) is 0 Å². The number of sulfonamides is 1. The van der Waals surface area contributed by atoms with E-state index in [-0.39, 0.29) is 10.9 Å². The Kier molecular flexibility index (Phi) is 5.55. The van der Waals surface area contributed by atoms with E-state index in [1.54, 1.807) is 0 Å². The molecule has 1 amide bonds. The number of hydrogen-bond donors (Lipinski definition) is 1. The highest BCUT2D eigenvalue weighted by molar-refractivity contribution is 7.89. The van der Waals surface area contributed by atoms with Crippen molar-refractivity contribution in [2.75, 3.05) is 13.6 Å². The maximum atomic E-state index is 12.9. The third kappa shape index (κ3) is 4.75. The molecule has 1 saturated carbocycles. The van der Waals surface area contributed by atoms with Gasteiger partial charge in [-0.25, -0.2) is 12.8 Å². The summed E-state index contributed by atoms with van der Waals surface area (Å²) in [6.07, 6.45) is 0.816. The van der Waals surface area contributed by atoms with Crippen molar-refractivity contribution < 1.29 is 27.1 Å². The minimum absolute atomic E-state index is 0.139. The van der Waals surface area contributed by atoms with Crippen LogP contribution in [0.3, 0.4) is 0 Å². The van der Waals surface area contributed by atoms with E-state index >= 15 is 0 Å². The Morgan fingerprint density at radius 2 is 1.92 bits per heavy atom. The number of ether oxygens (including phenoxy) is 1. The molecule has 9 heteroatoms. The molecule has 0 aromatic heterocycles. The molecule has 0 bridgehead atoms. The molecular weight excluding hydrogens is 339 g/mol. The number of esters is 1. The maximum absolute atomic E-state index is 12.9. The first kappa shape index (κ1) is 18.3. The first-order valence-electron chi connectivity index (χ1n) is 7.42. The van der Waals surface area contributed by atoms with Crippen LogP contribution in [0.5, 0.6) is 0 Å². The quantitative estimate of drug-likeness (QED) is 0.723. The van der Waals surface area contributed by atoms with Gasteiger partial charge in [0.25, 0.3) is 5.91 Å². The molecule has 1 N–H and O–H groups in total. The first-order valence-corrected chi connectivity index (χ1v) is 8.86. The van der Waals surface area contributed by atoms with Gasteiger partial charge in [0.15, 0.2) is 6.10 Å². The smallest absolute Gasteiger partial charge is 0.322 e. The first-order chi connectivity index (χ1) is 11.2. The van der Waals surface area contributed by atoms with E-state index in [9.17, 15) is 22.4 Å². The lowest BCUT2D eigenvalue weighted by molar-refractivity contribution is -0.154. The van der Waals surface area contributed by atoms with Gasteiger partial charge in [-0.1, -0.05) is 0 Å². The second-order valence-electron chi connectivity index (χ2n) is 5.63. The number of nitrogens with one attached hydrogen (secondary N) is 1. The van der Waals surface area contributed by atoms with Crippen LogP contribution in [0.25, 0.3) is 0 Å². The van der Waals surface area contributed by atoms with Gasteiger partial charge in [-0.05, 0) is 44.0 Å². The van der Waals surface area contributed by atoms with Gasteiger partial charge in [0.05, 0.1) is 4.90 Å². The number of rotatable bonds is 7. The van der Waals surface area contributed by atoms with Crippen molar-refractivity contribution in [1.82, 2.24) is 9.62 Å². The average Bonchev–Trinajstić information content (AvgIpc) is 3.31. The lowest BCUT2D eigenvalue weighted by Crippen LogP contribution is -2.40. The summed E-state index contributed by atoms with van der Waals surface area (Å²) in [6, 6.07) is 4.39. The molecule has 2 rings (SSSR count). The molecule has 1 atom stereocenters. The highest BCUT2D eigenvalue weighted by Gasteiger charge is 2.28. The maximum Gasteiger partial charge on any atom is 0.322 e. The molecule has 0 unspecified atom stereocenters. The Balaban J connectivity index is 1.92. The summed E-state index contributed by atoms with van der Waals surface area (Å²) in [5, 5.41) is 2.69. The average molecular weight is 358 g/mol. The van der Waals surface area contributed by atoms with Crippen LogP contribution in [0.15, 0.2) is 29.2 Å². The number of hydrogen-bond acceptors (Lipinski definition) is 5. The Morgan fingerprint density at radius 1 is 1.33 bits per heavy atom. The van der Waals surface area contributed by atoms with Gasteiger partial charge in [0, 0.05) is 13.1 Å². The second-order valence-corrected chi connectivity index (χ2v) is 7.67. The van der Waals surface area contributed by atoms with Crippen molar-refractivity contribution in [3.8, 4) is 0 Å². The summed E-state index contributed by atoms with van der Waals surface area (Å²) in [7, 11) is -2.75. The second kappa shape index (κ2) is 7.27. The number of nitrogens with zero attached hydrogens (tertiary/aromatic N) is 1. The summed E-state index contributed by atoms with van der Waals surface area (Å²) >= 11 is 0. The highest BCUT2D eigenvalue weighted by Crippen LogP contribution is 2.19. The monoisotopic (exact) mass is 358 g/mol. The number of carbonyl (C=O) groups excluding carboxylic acids is 2. The van der Waals surface area contributed by atoms with Crippen LogP contribution in [-0.4, -0.2) is 50.3 Å². The molecule has 132 valence electrons. The zero-order chi connectivity index (χ0) is 17.9. The topological polar surface area (TPSA) is 92.8 Å². The SMILES string of the molecule is C[C@H](OC(=O)CN(C)S(=O)(=O)c1ccc(F)cc1)C(=O)NC1CC1. The summed E-state index contributed by atoms with van der Waals surface area (Å²) in [6.45, 7) is 0.866. The Bertz CT molecular complexity index is 716. The van der Waals surface area contributed by atoms with E-state index in [1.807, 2.05) is 0 Å². The lowest BCUT2D eigenvalue weighted by atomic mass is 10.3. The van der Waals surface area contributed by atoms with Crippen molar-refractivity contribution in [3.63, 3.8) is 0 Å². The van der Waals surface area contributed by atoms with Crippen molar-refractivity contribution >= 4 is 21.9 Å². The molecule has 0 aliphatic heterocycles. The Labute approximate surface area is 139 Å². The molecule has 1 aromatic carbocycles. The lowest BCUT2D eigenvalue weighted by Gasteiger charge is -2.18. The third-order valence-electron chi connectivity index (χ3n) is 3.47. The fourth-order valence-electron chi connectivity index (χ4n) is 1.89. The third-order valence-corrected chi connectivity index (χ3v) is 5.29. The van der Waals surface area contributed by atoms with E-state index < -0.39 is 40.4 Å². The number of carbonyl (C=O) groups is 2. The van der Waals surface area contributed by atoms with Crippen LogP contribution in [0.2, 0.25) is 0 Å². The zero-order valence-corrected chi connectivity index (χ0v) is 14.2. The number of halogens is 1. The van der Waals surface area contributed by atoms with Crippen LogP contribution in [0, 0.1) is 5.82 Å². The van der Waals surface area contributed by atoms with E-state index in [0.717, 1.165) is 41.4 Å². The summed E-state index contributed by atoms with van der Waals surface area (Å²) < 4.78 is 43.1. The van der Waals surface area contributed by atoms with Gasteiger partial charge in [0.2, 0.25) is 10.0 Å². The zero-order valence-electron chi connectivity index (χ0n) is 13.4. The molecular formula is C15H19FN2O5S. The van der Waals surface area contributed by atoms with Crippen molar-refractivity contribution in [2.45, 2.75) is 36.8 Å². The fraction of sp³-hybridized carbons (Fsp3) is 0.467. The van der Waals surface area contributed by atoms with Crippen LogP contribution in [-0.2, 0) is 24.3 Å². The molecule has 24 heavy (non-hydrogen) atoms. The van der Waals surface area contributed by atoms with E-state index in [0.29, 0.717) is 0 Å². The van der Waals surface area contributed by atoms with Crippen molar-refractivity contribution in [3.05, 3.63) is 30.1 Å². The molecule has 0 radical (unpaired) electrons. The molecule has 0 saturated heterocycles. The summed E-state index contributed by atoms with van der Waals surface area (Å²) in [5.74, 6) is -1.82. The number of likely N-dealkylation sites (N-methyl/N-ethyl adjacent to an activating group) is 1. The molecule has 1 aliphatic rings. The standard InChI is InChI=1S/C15H19FN2O5S/c1-10(15(20)17-12-5-6-12)23-14(19)9-18(2)24(21,22)13-7-3-11(16)4-8-13/h3-4,7-8,10,12H,5-6,9H2,1-2H3,(H,17,20)/t10-/m0/s1.